The molecule has 0 aromatic carbocycles. The molecule has 0 radical (unpaired) electrons. The van der Waals surface area contributed by atoms with Crippen molar-refractivity contribution >= 4 is 0 Å². The van der Waals surface area contributed by atoms with Gasteiger partial charge >= 0.3 is 0 Å². The van der Waals surface area contributed by atoms with E-state index < -0.39 is 0 Å². The number of nitrogens with two attached hydrogens (primary N) is 1. The first kappa shape index (κ1) is 19.1. The Labute approximate surface area is 140 Å². The molecule has 23 heavy (non-hydrogen) atoms. The molecule has 4 heteroatoms. The first-order chi connectivity index (χ1) is 11.1. The molecule has 0 amide bonds. The third-order valence-electron chi connectivity index (χ3n) is 3.37. The minimum atomic E-state index is -0.0500. The number of aromatic nitrogens is 1. The highest BCUT2D eigenvalue weighted by Gasteiger charge is 2.11. The number of hydrogen-bond acceptors (Lipinski definition) is 4. The molecule has 1 unspecified atom stereocenters. The number of rotatable bonds is 10. The second-order valence-corrected chi connectivity index (χ2v) is 5.57. The lowest BCUT2D eigenvalue weighted by atomic mass is 10.2. The number of ether oxygens (including phenoxy) is 1. The van der Waals surface area contributed by atoms with Crippen LogP contribution >= 0.6 is 0 Å². The fraction of sp³-hybridized carbons (Fsp3) is 0.421. The Morgan fingerprint density at radius 1 is 1.48 bits per heavy atom. The number of pyridine rings is 1. The van der Waals surface area contributed by atoms with Crippen LogP contribution in [0.25, 0.3) is 0 Å². The molecule has 126 valence electrons. The first-order valence-corrected chi connectivity index (χ1v) is 8.05. The molecule has 1 atom stereocenters. The van der Waals surface area contributed by atoms with Crippen molar-refractivity contribution in [3.05, 3.63) is 60.5 Å². The van der Waals surface area contributed by atoms with Crippen molar-refractivity contribution in [2.45, 2.75) is 26.8 Å². The molecule has 0 aliphatic rings. The molecule has 4 nitrogen and oxygen atoms in total. The van der Waals surface area contributed by atoms with Gasteiger partial charge in [0.2, 0.25) is 0 Å². The lowest BCUT2D eigenvalue weighted by Gasteiger charge is -2.24. The van der Waals surface area contributed by atoms with Gasteiger partial charge in [-0.15, -0.1) is 0 Å². The van der Waals surface area contributed by atoms with E-state index in [0.29, 0.717) is 6.61 Å². The summed E-state index contributed by atoms with van der Waals surface area (Å²) in [6.45, 7) is 13.0. The molecule has 1 aromatic rings. The molecular weight excluding hydrogens is 286 g/mol. The predicted molar refractivity (Wildman–Crippen MR) is 97.7 cm³/mol. The second-order valence-electron chi connectivity index (χ2n) is 5.57. The summed E-state index contributed by atoms with van der Waals surface area (Å²) < 4.78 is 5.74. The zero-order chi connectivity index (χ0) is 17.1. The molecule has 0 aliphatic heterocycles. The van der Waals surface area contributed by atoms with E-state index in [2.05, 4.69) is 29.5 Å². The Morgan fingerprint density at radius 3 is 2.87 bits per heavy atom. The van der Waals surface area contributed by atoms with E-state index in [1.54, 1.807) is 12.4 Å². The third-order valence-corrected chi connectivity index (χ3v) is 3.37. The van der Waals surface area contributed by atoms with Crippen molar-refractivity contribution in [1.29, 1.82) is 0 Å². The van der Waals surface area contributed by atoms with Gasteiger partial charge in [-0.1, -0.05) is 37.8 Å². The van der Waals surface area contributed by atoms with Crippen LogP contribution in [0.2, 0.25) is 0 Å². The summed E-state index contributed by atoms with van der Waals surface area (Å²) in [4.78, 5) is 6.42. The molecule has 0 saturated heterocycles. The van der Waals surface area contributed by atoms with E-state index in [-0.39, 0.29) is 6.04 Å². The van der Waals surface area contributed by atoms with Gasteiger partial charge in [-0.05, 0) is 37.6 Å². The zero-order valence-corrected chi connectivity index (χ0v) is 14.5. The van der Waals surface area contributed by atoms with Crippen LogP contribution in [0.15, 0.2) is 54.9 Å². The molecule has 1 aromatic heterocycles. The lowest BCUT2D eigenvalue weighted by Crippen LogP contribution is -2.41. The summed E-state index contributed by atoms with van der Waals surface area (Å²) in [6.07, 6.45) is 11.5. The molecule has 0 bridgehead atoms. The highest BCUT2D eigenvalue weighted by atomic mass is 16.5. The van der Waals surface area contributed by atoms with E-state index in [0.717, 1.165) is 30.9 Å². The minimum Gasteiger partial charge on any atom is -0.490 e. The monoisotopic (exact) mass is 315 g/mol. The maximum atomic E-state index is 6.21. The van der Waals surface area contributed by atoms with Gasteiger partial charge in [0.15, 0.2) is 0 Å². The normalized spacial score (nSPS) is 13.5. The molecule has 0 fully saturated rings. The van der Waals surface area contributed by atoms with Gasteiger partial charge in [0.25, 0.3) is 0 Å². The smallest absolute Gasteiger partial charge is 0.137 e. The Hall–Kier alpha value is -1.91. The van der Waals surface area contributed by atoms with Crippen molar-refractivity contribution in [1.82, 2.24) is 9.88 Å². The van der Waals surface area contributed by atoms with E-state index in [9.17, 15) is 0 Å². The van der Waals surface area contributed by atoms with E-state index in [1.165, 1.54) is 5.57 Å². The molecule has 0 saturated carbocycles. The van der Waals surface area contributed by atoms with E-state index in [4.69, 9.17) is 10.5 Å². The number of aryl methyl sites for hydroxylation is 1. The second kappa shape index (κ2) is 10.8. The third kappa shape index (κ3) is 7.77. The van der Waals surface area contributed by atoms with Crippen LogP contribution in [0, 0.1) is 6.92 Å². The molecule has 1 rings (SSSR count). The average Bonchev–Trinajstić information content (AvgIpc) is 2.53. The predicted octanol–water partition coefficient (Wildman–Crippen LogP) is 3.11. The van der Waals surface area contributed by atoms with Crippen LogP contribution in [0.4, 0.5) is 0 Å². The highest BCUT2D eigenvalue weighted by molar-refractivity contribution is 5.24. The summed E-state index contributed by atoms with van der Waals surface area (Å²) in [5.74, 6) is 0.768. The number of nitrogens with zero attached hydrogens (tertiary/aromatic N) is 2. The average molecular weight is 315 g/mol. The SMILES string of the molecule is C=C/C=C(\C=C/C)CN(CC)CC(N)COc1cncc(C)c1. The zero-order valence-electron chi connectivity index (χ0n) is 14.5. The fourth-order valence-electron chi connectivity index (χ4n) is 2.28. The van der Waals surface area contributed by atoms with Gasteiger partial charge < -0.3 is 10.5 Å². The van der Waals surface area contributed by atoms with Crippen molar-refractivity contribution in [2.24, 2.45) is 5.73 Å². The summed E-state index contributed by atoms with van der Waals surface area (Å²) >= 11 is 0. The van der Waals surface area contributed by atoms with Gasteiger partial charge in [-0.25, -0.2) is 0 Å². The van der Waals surface area contributed by atoms with Gasteiger partial charge in [0.1, 0.15) is 12.4 Å². The van der Waals surface area contributed by atoms with Crippen LogP contribution in [-0.4, -0.2) is 42.2 Å². The Kier molecular flexibility index (Phi) is 8.95. The summed E-state index contributed by atoms with van der Waals surface area (Å²) in [7, 11) is 0. The van der Waals surface area contributed by atoms with Crippen LogP contribution in [-0.2, 0) is 0 Å². The summed E-state index contributed by atoms with van der Waals surface area (Å²) in [5.41, 5.74) is 8.52. The van der Waals surface area contributed by atoms with E-state index in [1.807, 2.05) is 38.1 Å². The number of allylic oxidation sites excluding steroid dienone is 3. The topological polar surface area (TPSA) is 51.4 Å². The molecule has 1 heterocycles. The van der Waals surface area contributed by atoms with E-state index >= 15 is 0 Å². The quantitative estimate of drug-likeness (QED) is 0.674. The van der Waals surface area contributed by atoms with Crippen LogP contribution < -0.4 is 10.5 Å². The Balaban J connectivity index is 2.50. The molecular formula is C19H29N3O. The minimum absolute atomic E-state index is 0.0500. The summed E-state index contributed by atoms with van der Waals surface area (Å²) in [6, 6.07) is 1.92. The first-order valence-electron chi connectivity index (χ1n) is 8.05. The van der Waals surface area contributed by atoms with Gasteiger partial charge in [0, 0.05) is 19.3 Å². The highest BCUT2D eigenvalue weighted by Crippen LogP contribution is 2.10. The van der Waals surface area contributed by atoms with Crippen LogP contribution in [0.3, 0.4) is 0 Å². The standard InChI is InChI=1S/C19H29N3O/c1-5-8-17(9-6-2)13-22(7-3)14-18(20)15-23-19-10-16(4)11-21-12-19/h5-6,8-12,18H,1,7,13-15,20H2,2-4H3/b9-6-,17-8+. The largest absolute Gasteiger partial charge is 0.490 e. The summed E-state index contributed by atoms with van der Waals surface area (Å²) in [5, 5.41) is 0. The van der Waals surface area contributed by atoms with Crippen LogP contribution in [0.1, 0.15) is 19.4 Å². The molecule has 2 N–H and O–H groups in total. The van der Waals surface area contributed by atoms with Crippen molar-refractivity contribution in [3.8, 4) is 5.75 Å². The van der Waals surface area contributed by atoms with Crippen LogP contribution in [0.5, 0.6) is 5.75 Å². The molecule has 0 spiro atoms. The Morgan fingerprint density at radius 2 is 2.26 bits per heavy atom. The number of hydrogen-bond donors (Lipinski definition) is 1. The lowest BCUT2D eigenvalue weighted by molar-refractivity contribution is 0.228. The maximum Gasteiger partial charge on any atom is 0.137 e. The van der Waals surface area contributed by atoms with Crippen molar-refractivity contribution < 1.29 is 4.74 Å². The van der Waals surface area contributed by atoms with Gasteiger partial charge in [0.05, 0.1) is 12.2 Å². The van der Waals surface area contributed by atoms with Crippen molar-refractivity contribution in [2.75, 3.05) is 26.2 Å². The maximum absolute atomic E-state index is 6.21. The van der Waals surface area contributed by atoms with Gasteiger partial charge in [-0.2, -0.15) is 0 Å². The van der Waals surface area contributed by atoms with Gasteiger partial charge in [-0.3, -0.25) is 9.88 Å². The fourth-order valence-corrected chi connectivity index (χ4v) is 2.28. The Bertz CT molecular complexity index is 537. The number of likely N-dealkylation sites (N-methyl/N-ethyl adjacent to an activating group) is 1. The van der Waals surface area contributed by atoms with Crippen molar-refractivity contribution in [3.63, 3.8) is 0 Å². The molecule has 0 aliphatic carbocycles.